The van der Waals surface area contributed by atoms with Crippen molar-refractivity contribution < 1.29 is 4.79 Å². The van der Waals surface area contributed by atoms with E-state index in [1.54, 1.807) is 29.5 Å². The van der Waals surface area contributed by atoms with Crippen molar-refractivity contribution >= 4 is 54.6 Å². The molecule has 20 heavy (non-hydrogen) atoms. The summed E-state index contributed by atoms with van der Waals surface area (Å²) in [5, 5.41) is 6.05. The fourth-order valence-corrected chi connectivity index (χ4v) is 3.18. The van der Waals surface area contributed by atoms with E-state index in [0.717, 1.165) is 11.1 Å². The van der Waals surface area contributed by atoms with Gasteiger partial charge in [-0.2, -0.15) is 0 Å². The Bertz CT molecular complexity index is 797. The number of nitrogens with two attached hydrogens (primary N) is 1. The Morgan fingerprint density at radius 2 is 2.05 bits per heavy atom. The highest BCUT2D eigenvalue weighted by Gasteiger charge is 2.12. The minimum Gasteiger partial charge on any atom is -0.398 e. The fourth-order valence-electron chi connectivity index (χ4n) is 1.97. The van der Waals surface area contributed by atoms with E-state index in [-0.39, 0.29) is 5.91 Å². The molecule has 1 aromatic heterocycles. The van der Waals surface area contributed by atoms with E-state index in [2.05, 4.69) is 21.2 Å². The van der Waals surface area contributed by atoms with E-state index in [0.29, 0.717) is 15.7 Å². The number of fused-ring (bicyclic) bond motifs is 1. The maximum absolute atomic E-state index is 12.3. The summed E-state index contributed by atoms with van der Waals surface area (Å²) in [5.74, 6) is -0.182. The van der Waals surface area contributed by atoms with E-state index >= 15 is 0 Å². The molecule has 0 radical (unpaired) electrons. The average Bonchev–Trinajstić information content (AvgIpc) is 2.89. The monoisotopic (exact) mass is 346 g/mol. The smallest absolute Gasteiger partial charge is 0.256 e. The van der Waals surface area contributed by atoms with Crippen LogP contribution in [0.15, 0.2) is 52.3 Å². The number of anilines is 2. The lowest BCUT2D eigenvalue weighted by atomic mass is 10.2. The van der Waals surface area contributed by atoms with Gasteiger partial charge in [-0.1, -0.05) is 6.07 Å². The molecule has 0 atom stereocenters. The Labute approximate surface area is 128 Å². The number of hydrogen-bond donors (Lipinski definition) is 2. The van der Waals surface area contributed by atoms with Gasteiger partial charge in [-0.25, -0.2) is 0 Å². The van der Waals surface area contributed by atoms with Crippen molar-refractivity contribution in [3.8, 4) is 0 Å². The van der Waals surface area contributed by atoms with Crippen LogP contribution in [0.4, 0.5) is 11.4 Å². The standard InChI is InChI=1S/C15H11BrN2OS/c16-14-11(2-1-3-12(14)17)15(19)18-10-4-5-13-9(8-10)6-7-20-13/h1-8H,17H2,(H,18,19). The van der Waals surface area contributed by atoms with Crippen LogP contribution in [0.5, 0.6) is 0 Å². The van der Waals surface area contributed by atoms with Gasteiger partial charge < -0.3 is 11.1 Å². The maximum atomic E-state index is 12.3. The van der Waals surface area contributed by atoms with E-state index < -0.39 is 0 Å². The molecular formula is C15H11BrN2OS. The van der Waals surface area contributed by atoms with Crippen molar-refractivity contribution in [3.63, 3.8) is 0 Å². The second kappa shape index (κ2) is 5.26. The summed E-state index contributed by atoms with van der Waals surface area (Å²) in [6.45, 7) is 0. The number of benzene rings is 2. The summed E-state index contributed by atoms with van der Waals surface area (Å²) < 4.78 is 1.82. The van der Waals surface area contributed by atoms with Crippen LogP contribution in [0.3, 0.4) is 0 Å². The second-order valence-corrected chi connectivity index (χ2v) is 6.08. The Balaban J connectivity index is 1.90. The molecule has 0 saturated heterocycles. The highest BCUT2D eigenvalue weighted by atomic mass is 79.9. The summed E-state index contributed by atoms with van der Waals surface area (Å²) in [5.41, 5.74) is 7.63. The van der Waals surface area contributed by atoms with Crippen molar-refractivity contribution in [2.75, 3.05) is 11.1 Å². The normalized spacial score (nSPS) is 10.7. The molecule has 3 N–H and O–H groups in total. The third kappa shape index (κ3) is 2.42. The van der Waals surface area contributed by atoms with Crippen molar-refractivity contribution in [1.82, 2.24) is 0 Å². The third-order valence-corrected chi connectivity index (χ3v) is 4.77. The summed E-state index contributed by atoms with van der Waals surface area (Å²) in [7, 11) is 0. The SMILES string of the molecule is Nc1cccc(C(=O)Nc2ccc3sccc3c2)c1Br. The number of carbonyl (C=O) groups excluding carboxylic acids is 1. The van der Waals surface area contributed by atoms with Crippen molar-refractivity contribution in [2.45, 2.75) is 0 Å². The van der Waals surface area contributed by atoms with Crippen LogP contribution in [0.1, 0.15) is 10.4 Å². The fraction of sp³-hybridized carbons (Fsp3) is 0. The number of nitrogen functional groups attached to an aromatic ring is 1. The molecule has 5 heteroatoms. The lowest BCUT2D eigenvalue weighted by molar-refractivity contribution is 0.102. The first-order chi connectivity index (χ1) is 9.65. The van der Waals surface area contributed by atoms with Gasteiger partial charge in [0.2, 0.25) is 0 Å². The molecule has 3 rings (SSSR count). The first-order valence-corrected chi connectivity index (χ1v) is 7.65. The molecule has 0 saturated carbocycles. The highest BCUT2D eigenvalue weighted by Crippen LogP contribution is 2.27. The molecule has 3 aromatic rings. The molecule has 0 unspecified atom stereocenters. The van der Waals surface area contributed by atoms with Gasteiger partial charge in [-0.3, -0.25) is 4.79 Å². The molecule has 100 valence electrons. The lowest BCUT2D eigenvalue weighted by Gasteiger charge is -2.08. The van der Waals surface area contributed by atoms with Crippen LogP contribution in [-0.2, 0) is 0 Å². The van der Waals surface area contributed by atoms with E-state index in [1.807, 2.05) is 29.6 Å². The minimum absolute atomic E-state index is 0.182. The topological polar surface area (TPSA) is 55.1 Å². The average molecular weight is 347 g/mol. The summed E-state index contributed by atoms with van der Waals surface area (Å²) in [6.07, 6.45) is 0. The van der Waals surface area contributed by atoms with Gasteiger partial charge in [-0.15, -0.1) is 11.3 Å². The molecule has 0 aliphatic carbocycles. The number of nitrogens with one attached hydrogen (secondary N) is 1. The predicted molar refractivity (Wildman–Crippen MR) is 88.3 cm³/mol. The molecule has 3 nitrogen and oxygen atoms in total. The number of halogens is 1. The maximum Gasteiger partial charge on any atom is 0.256 e. The zero-order valence-corrected chi connectivity index (χ0v) is 12.8. The molecule has 0 fully saturated rings. The third-order valence-electron chi connectivity index (χ3n) is 2.98. The first-order valence-electron chi connectivity index (χ1n) is 5.98. The molecule has 1 amide bonds. The highest BCUT2D eigenvalue weighted by molar-refractivity contribution is 9.10. The van der Waals surface area contributed by atoms with E-state index in [9.17, 15) is 4.79 Å². The van der Waals surface area contributed by atoms with Gasteiger partial charge in [0.05, 0.1) is 10.0 Å². The molecule has 0 spiro atoms. The number of carbonyl (C=O) groups is 1. The largest absolute Gasteiger partial charge is 0.398 e. The molecular weight excluding hydrogens is 336 g/mol. The predicted octanol–water partition coefficient (Wildman–Crippen LogP) is 4.50. The minimum atomic E-state index is -0.182. The van der Waals surface area contributed by atoms with Gasteiger partial charge in [0.15, 0.2) is 0 Å². The lowest BCUT2D eigenvalue weighted by Crippen LogP contribution is -2.13. The molecule has 0 aliphatic rings. The Hall–Kier alpha value is -1.85. The Morgan fingerprint density at radius 1 is 1.20 bits per heavy atom. The molecule has 1 heterocycles. The zero-order chi connectivity index (χ0) is 14.1. The summed E-state index contributed by atoms with van der Waals surface area (Å²) >= 11 is 5.02. The number of amides is 1. The Kier molecular flexibility index (Phi) is 3.46. The van der Waals surface area contributed by atoms with Crippen molar-refractivity contribution in [2.24, 2.45) is 0 Å². The van der Waals surface area contributed by atoms with Gasteiger partial charge in [0.25, 0.3) is 5.91 Å². The van der Waals surface area contributed by atoms with E-state index in [1.165, 1.54) is 4.70 Å². The van der Waals surface area contributed by atoms with Crippen LogP contribution >= 0.6 is 27.3 Å². The van der Waals surface area contributed by atoms with Crippen LogP contribution in [0.25, 0.3) is 10.1 Å². The van der Waals surface area contributed by atoms with Gasteiger partial charge in [-0.05, 0) is 63.1 Å². The van der Waals surface area contributed by atoms with Gasteiger partial charge in [0.1, 0.15) is 0 Å². The molecule has 2 aromatic carbocycles. The van der Waals surface area contributed by atoms with Crippen molar-refractivity contribution in [1.29, 1.82) is 0 Å². The number of hydrogen-bond acceptors (Lipinski definition) is 3. The first kappa shape index (κ1) is 13.1. The van der Waals surface area contributed by atoms with Gasteiger partial charge in [0, 0.05) is 16.1 Å². The van der Waals surface area contributed by atoms with Crippen LogP contribution < -0.4 is 11.1 Å². The van der Waals surface area contributed by atoms with Crippen LogP contribution in [-0.4, -0.2) is 5.91 Å². The van der Waals surface area contributed by atoms with Crippen LogP contribution in [0.2, 0.25) is 0 Å². The summed E-state index contributed by atoms with van der Waals surface area (Å²) in [4.78, 5) is 12.3. The zero-order valence-electron chi connectivity index (χ0n) is 10.4. The van der Waals surface area contributed by atoms with Crippen LogP contribution in [0, 0.1) is 0 Å². The Morgan fingerprint density at radius 3 is 2.90 bits per heavy atom. The number of rotatable bonds is 2. The number of thiophene rings is 1. The second-order valence-electron chi connectivity index (χ2n) is 4.34. The van der Waals surface area contributed by atoms with Gasteiger partial charge >= 0.3 is 0 Å². The molecule has 0 bridgehead atoms. The van der Waals surface area contributed by atoms with Crippen molar-refractivity contribution in [3.05, 3.63) is 57.9 Å². The molecule has 0 aliphatic heterocycles. The quantitative estimate of drug-likeness (QED) is 0.671. The summed E-state index contributed by atoms with van der Waals surface area (Å²) in [6, 6.07) is 13.1. The van der Waals surface area contributed by atoms with E-state index in [4.69, 9.17) is 5.73 Å².